The van der Waals surface area contributed by atoms with Crippen LogP contribution in [0.25, 0.3) is 0 Å². The van der Waals surface area contributed by atoms with Crippen LogP contribution in [0.3, 0.4) is 0 Å². The van der Waals surface area contributed by atoms with Gasteiger partial charge in [-0.1, -0.05) is 12.1 Å². The van der Waals surface area contributed by atoms with Crippen molar-refractivity contribution in [1.29, 1.82) is 5.26 Å². The average Bonchev–Trinajstić information content (AvgIpc) is 2.40. The molecule has 0 amide bonds. The van der Waals surface area contributed by atoms with Crippen molar-refractivity contribution >= 4 is 0 Å². The quantitative estimate of drug-likeness (QED) is 0.861. The van der Waals surface area contributed by atoms with Crippen molar-refractivity contribution in [2.45, 2.75) is 6.36 Å². The van der Waals surface area contributed by atoms with E-state index in [1.54, 1.807) is 6.07 Å². The number of pyridine rings is 1. The molecular weight excluding hydrogens is 273 g/mol. The number of aromatic nitrogens is 1. The molecule has 0 saturated heterocycles. The molecule has 0 saturated carbocycles. The Labute approximate surface area is 112 Å². The first-order chi connectivity index (χ1) is 9.49. The van der Waals surface area contributed by atoms with Gasteiger partial charge in [-0.2, -0.15) is 5.26 Å². The maximum Gasteiger partial charge on any atom is 0.573 e. The van der Waals surface area contributed by atoms with Gasteiger partial charge in [-0.25, -0.2) is 4.98 Å². The number of hydrogen-bond acceptors (Lipinski definition) is 4. The number of alkyl halides is 3. The Morgan fingerprint density at radius 2 is 1.65 bits per heavy atom. The summed E-state index contributed by atoms with van der Waals surface area (Å²) in [6.07, 6.45) is -3.45. The summed E-state index contributed by atoms with van der Waals surface area (Å²) in [7, 11) is 0. The minimum absolute atomic E-state index is 0.0330. The highest BCUT2D eigenvalue weighted by molar-refractivity contribution is 5.45. The minimum Gasteiger partial charge on any atom is -0.450 e. The first-order valence-corrected chi connectivity index (χ1v) is 5.37. The van der Waals surface area contributed by atoms with Crippen LogP contribution in [0.4, 0.5) is 13.2 Å². The summed E-state index contributed by atoms with van der Waals surface area (Å²) in [4.78, 5) is 3.75. The number of nitrogens with zero attached hydrogens (tertiary/aromatic N) is 2. The molecule has 0 aliphatic heterocycles. The third-order valence-electron chi connectivity index (χ3n) is 2.17. The molecule has 0 aliphatic carbocycles. The second-order valence-corrected chi connectivity index (χ2v) is 3.56. The fraction of sp³-hybridized carbons (Fsp3) is 0.0769. The van der Waals surface area contributed by atoms with Gasteiger partial charge in [0, 0.05) is 6.20 Å². The molecule has 7 heteroatoms. The van der Waals surface area contributed by atoms with Gasteiger partial charge in [-0.15, -0.1) is 13.2 Å². The summed E-state index contributed by atoms with van der Waals surface area (Å²) in [6, 6.07) is 10.00. The molecule has 0 radical (unpaired) electrons. The predicted octanol–water partition coefficient (Wildman–Crippen LogP) is 3.64. The molecule has 102 valence electrons. The predicted molar refractivity (Wildman–Crippen MR) is 62.2 cm³/mol. The summed E-state index contributed by atoms with van der Waals surface area (Å²) >= 11 is 0. The molecule has 0 fully saturated rings. The largest absolute Gasteiger partial charge is 0.573 e. The lowest BCUT2D eigenvalue weighted by atomic mass is 10.3. The second kappa shape index (κ2) is 5.48. The number of nitriles is 1. The highest BCUT2D eigenvalue weighted by atomic mass is 19.4. The Morgan fingerprint density at radius 1 is 1.00 bits per heavy atom. The lowest BCUT2D eigenvalue weighted by Gasteiger charge is -2.13. The SMILES string of the molecule is N#Cc1ncccc1Oc1ccccc1OC(F)(F)F. The van der Waals surface area contributed by atoms with E-state index in [0.717, 1.165) is 6.07 Å². The van der Waals surface area contributed by atoms with Crippen LogP contribution >= 0.6 is 0 Å². The van der Waals surface area contributed by atoms with E-state index in [2.05, 4.69) is 9.72 Å². The molecule has 2 rings (SSSR count). The maximum atomic E-state index is 12.3. The molecule has 1 heterocycles. The van der Waals surface area contributed by atoms with Gasteiger partial charge in [0.15, 0.2) is 22.9 Å². The monoisotopic (exact) mass is 280 g/mol. The fourth-order valence-corrected chi connectivity index (χ4v) is 1.42. The highest BCUT2D eigenvalue weighted by Gasteiger charge is 2.32. The maximum absolute atomic E-state index is 12.3. The Morgan fingerprint density at radius 3 is 2.30 bits per heavy atom. The van der Waals surface area contributed by atoms with Crippen molar-refractivity contribution in [3.8, 4) is 23.3 Å². The van der Waals surface area contributed by atoms with Crippen LogP contribution in [0.1, 0.15) is 5.69 Å². The van der Waals surface area contributed by atoms with E-state index < -0.39 is 12.1 Å². The van der Waals surface area contributed by atoms with Gasteiger partial charge in [0.05, 0.1) is 0 Å². The zero-order valence-electron chi connectivity index (χ0n) is 9.89. The van der Waals surface area contributed by atoms with E-state index in [9.17, 15) is 13.2 Å². The molecule has 0 bridgehead atoms. The number of halogens is 3. The van der Waals surface area contributed by atoms with Crippen molar-refractivity contribution in [2.75, 3.05) is 0 Å². The van der Waals surface area contributed by atoms with Gasteiger partial charge in [0.1, 0.15) is 6.07 Å². The average molecular weight is 280 g/mol. The van der Waals surface area contributed by atoms with E-state index in [4.69, 9.17) is 10.00 Å². The van der Waals surface area contributed by atoms with E-state index in [0.29, 0.717) is 0 Å². The van der Waals surface area contributed by atoms with Crippen LogP contribution in [-0.2, 0) is 0 Å². The number of rotatable bonds is 3. The Kier molecular flexibility index (Phi) is 3.75. The molecule has 20 heavy (non-hydrogen) atoms. The van der Waals surface area contributed by atoms with Crippen molar-refractivity contribution in [1.82, 2.24) is 4.98 Å². The molecule has 0 spiro atoms. The van der Waals surface area contributed by atoms with Gasteiger partial charge < -0.3 is 9.47 Å². The highest BCUT2D eigenvalue weighted by Crippen LogP contribution is 2.35. The molecular formula is C13H7F3N2O2. The van der Waals surface area contributed by atoms with Crippen LogP contribution in [0.15, 0.2) is 42.6 Å². The first-order valence-electron chi connectivity index (χ1n) is 5.37. The molecule has 0 unspecified atom stereocenters. The lowest BCUT2D eigenvalue weighted by Crippen LogP contribution is -2.17. The lowest BCUT2D eigenvalue weighted by molar-refractivity contribution is -0.275. The molecule has 0 N–H and O–H groups in total. The van der Waals surface area contributed by atoms with E-state index in [-0.39, 0.29) is 17.2 Å². The third kappa shape index (κ3) is 3.38. The number of benzene rings is 1. The van der Waals surface area contributed by atoms with Crippen LogP contribution in [0.2, 0.25) is 0 Å². The number of hydrogen-bond donors (Lipinski definition) is 0. The van der Waals surface area contributed by atoms with Crippen molar-refractivity contribution in [3.05, 3.63) is 48.3 Å². The molecule has 2 aromatic rings. The van der Waals surface area contributed by atoms with Crippen LogP contribution in [0.5, 0.6) is 17.2 Å². The standard InChI is InChI=1S/C13H7F3N2O2/c14-13(15,16)20-12-5-2-1-4-11(12)19-10-6-3-7-18-9(10)8-17/h1-7H. The Hall–Kier alpha value is -2.75. The van der Waals surface area contributed by atoms with Crippen molar-refractivity contribution < 1.29 is 22.6 Å². The van der Waals surface area contributed by atoms with Gasteiger partial charge in [-0.3, -0.25) is 0 Å². The summed E-state index contributed by atoms with van der Waals surface area (Å²) in [6.45, 7) is 0. The van der Waals surface area contributed by atoms with Gasteiger partial charge >= 0.3 is 6.36 Å². The summed E-state index contributed by atoms with van der Waals surface area (Å²) < 4.78 is 45.9. The first kappa shape index (κ1) is 13.7. The van der Waals surface area contributed by atoms with E-state index in [1.807, 2.05) is 0 Å². The Balaban J connectivity index is 2.32. The van der Waals surface area contributed by atoms with Crippen molar-refractivity contribution in [3.63, 3.8) is 0 Å². The molecule has 1 aromatic carbocycles. The normalized spacial score (nSPS) is 10.7. The summed E-state index contributed by atoms with van der Waals surface area (Å²) in [5.74, 6) is -0.602. The third-order valence-corrected chi connectivity index (χ3v) is 2.17. The molecule has 1 aromatic heterocycles. The molecule has 0 aliphatic rings. The molecule has 0 atom stereocenters. The van der Waals surface area contributed by atoms with Gasteiger partial charge in [0.25, 0.3) is 0 Å². The fourth-order valence-electron chi connectivity index (χ4n) is 1.42. The minimum atomic E-state index is -4.83. The van der Waals surface area contributed by atoms with Crippen LogP contribution in [0, 0.1) is 11.3 Å². The molecule has 4 nitrogen and oxygen atoms in total. The van der Waals surface area contributed by atoms with Crippen molar-refractivity contribution in [2.24, 2.45) is 0 Å². The zero-order valence-corrected chi connectivity index (χ0v) is 9.89. The second-order valence-electron chi connectivity index (χ2n) is 3.56. The van der Waals surface area contributed by atoms with Gasteiger partial charge in [0.2, 0.25) is 0 Å². The Bertz CT molecular complexity index is 651. The van der Waals surface area contributed by atoms with Crippen LogP contribution < -0.4 is 9.47 Å². The van der Waals surface area contributed by atoms with E-state index >= 15 is 0 Å². The van der Waals surface area contributed by atoms with Gasteiger partial charge in [-0.05, 0) is 24.3 Å². The zero-order chi connectivity index (χ0) is 14.6. The van der Waals surface area contributed by atoms with E-state index in [1.165, 1.54) is 36.5 Å². The number of para-hydroxylation sites is 2. The smallest absolute Gasteiger partial charge is 0.450 e. The topological polar surface area (TPSA) is 55.1 Å². The number of ether oxygens (including phenoxy) is 2. The van der Waals surface area contributed by atoms with Crippen LogP contribution in [-0.4, -0.2) is 11.3 Å². The summed E-state index contributed by atoms with van der Waals surface area (Å²) in [5.41, 5.74) is -0.0330. The summed E-state index contributed by atoms with van der Waals surface area (Å²) in [5, 5.41) is 8.85.